The minimum atomic E-state index is -0.704. The summed E-state index contributed by atoms with van der Waals surface area (Å²) >= 11 is 9.95. The first-order valence-electron chi connectivity index (χ1n) is 12.9. The number of aromatic nitrogens is 1. The third-order valence-corrected chi connectivity index (χ3v) is 7.03. The number of aromatic amines is 1. The van der Waals surface area contributed by atoms with Crippen molar-refractivity contribution in [2.75, 3.05) is 6.61 Å². The highest BCUT2D eigenvalue weighted by Crippen LogP contribution is 2.37. The van der Waals surface area contributed by atoms with Gasteiger partial charge >= 0.3 is 5.97 Å². The molecule has 0 aliphatic rings. The van der Waals surface area contributed by atoms with Gasteiger partial charge in [-0.1, -0.05) is 57.9 Å². The maximum atomic E-state index is 13.3. The number of nitro benzene ring substituents is 1. The van der Waals surface area contributed by atoms with Gasteiger partial charge in [-0.2, -0.15) is 5.10 Å². The number of halogens is 2. The van der Waals surface area contributed by atoms with E-state index in [-0.39, 0.29) is 22.7 Å². The number of hydrogen-bond acceptors (Lipinski definition) is 7. The molecule has 4 aromatic carbocycles. The molecule has 0 radical (unpaired) electrons. The Balaban J connectivity index is 1.36. The predicted molar refractivity (Wildman–Crippen MR) is 167 cm³/mol. The monoisotopic (exact) mass is 660 g/mol. The Morgan fingerprint density at radius 2 is 1.79 bits per heavy atom. The van der Waals surface area contributed by atoms with Crippen LogP contribution in [0.5, 0.6) is 11.5 Å². The number of esters is 1. The number of H-pyrrole nitrogens is 1. The molecular weight excluding hydrogens is 640 g/mol. The van der Waals surface area contributed by atoms with Crippen molar-refractivity contribution in [3.8, 4) is 22.6 Å². The van der Waals surface area contributed by atoms with Crippen LogP contribution in [0.4, 0.5) is 5.69 Å². The number of amides is 1. The Morgan fingerprint density at radius 1 is 1.05 bits per heavy atom. The normalized spacial score (nSPS) is 11.0. The molecule has 0 saturated carbocycles. The number of nitrogens with one attached hydrogen (secondary N) is 2. The third kappa shape index (κ3) is 6.58. The molecule has 2 N–H and O–H groups in total. The van der Waals surface area contributed by atoms with Crippen molar-refractivity contribution in [2.24, 2.45) is 5.10 Å². The van der Waals surface area contributed by atoms with Gasteiger partial charge in [0.2, 0.25) is 0 Å². The molecule has 12 heteroatoms. The summed E-state index contributed by atoms with van der Waals surface area (Å²) < 4.78 is 11.9. The first-order chi connectivity index (χ1) is 20.7. The largest absolute Gasteiger partial charge is 0.490 e. The highest BCUT2D eigenvalue weighted by Gasteiger charge is 2.21. The lowest BCUT2D eigenvalue weighted by Gasteiger charge is -2.11. The van der Waals surface area contributed by atoms with E-state index in [2.05, 4.69) is 31.4 Å². The van der Waals surface area contributed by atoms with Gasteiger partial charge in [-0.05, 0) is 60.5 Å². The first kappa shape index (κ1) is 29.5. The topological polar surface area (TPSA) is 136 Å². The van der Waals surface area contributed by atoms with Crippen molar-refractivity contribution in [2.45, 2.75) is 6.92 Å². The second-order valence-electron chi connectivity index (χ2n) is 9.08. The molecule has 0 aliphatic carbocycles. The molecule has 1 amide bonds. The maximum absolute atomic E-state index is 13.3. The number of ether oxygens (including phenoxy) is 2. The summed E-state index contributed by atoms with van der Waals surface area (Å²) in [7, 11) is 0. The predicted octanol–water partition coefficient (Wildman–Crippen LogP) is 7.54. The maximum Gasteiger partial charge on any atom is 0.343 e. The van der Waals surface area contributed by atoms with E-state index in [1.165, 1.54) is 36.5 Å². The number of hydrogen-bond donors (Lipinski definition) is 2. The van der Waals surface area contributed by atoms with Gasteiger partial charge in [0, 0.05) is 27.6 Å². The number of carbonyl (C=O) groups excluding carboxylic acids is 2. The SMILES string of the molecule is CCOc1cc(C=NNC(=O)c2[nH]c3c(Cl)cc(Br)cc3c2-c2ccccc2)ccc1OC(=O)c1ccc([N+](=O)[O-])cc1. The minimum Gasteiger partial charge on any atom is -0.490 e. The van der Waals surface area contributed by atoms with Gasteiger partial charge in [-0.25, -0.2) is 10.2 Å². The number of fused-ring (bicyclic) bond motifs is 1. The summed E-state index contributed by atoms with van der Waals surface area (Å²) in [6.07, 6.45) is 1.43. The van der Waals surface area contributed by atoms with Gasteiger partial charge in [0.05, 0.1) is 33.8 Å². The average molecular weight is 662 g/mol. The zero-order valence-electron chi connectivity index (χ0n) is 22.5. The van der Waals surface area contributed by atoms with Crippen LogP contribution in [-0.4, -0.2) is 34.6 Å². The summed E-state index contributed by atoms with van der Waals surface area (Å²) in [6.45, 7) is 2.07. The van der Waals surface area contributed by atoms with Crippen molar-refractivity contribution in [1.29, 1.82) is 0 Å². The highest BCUT2D eigenvalue weighted by molar-refractivity contribution is 9.10. The van der Waals surface area contributed by atoms with E-state index < -0.39 is 16.8 Å². The highest BCUT2D eigenvalue weighted by atomic mass is 79.9. The fourth-order valence-corrected chi connectivity index (χ4v) is 5.21. The molecular formula is C31H22BrClN4O6. The summed E-state index contributed by atoms with van der Waals surface area (Å²) in [5.74, 6) is -0.753. The van der Waals surface area contributed by atoms with Crippen molar-refractivity contribution in [3.05, 3.63) is 121 Å². The fraction of sp³-hybridized carbons (Fsp3) is 0.0645. The van der Waals surface area contributed by atoms with Crippen LogP contribution in [0.15, 0.2) is 94.5 Å². The van der Waals surface area contributed by atoms with Crippen LogP contribution in [0.2, 0.25) is 5.02 Å². The molecule has 0 bridgehead atoms. The standard InChI is InChI=1S/C31H22BrClN4O6/c1-2-42-26-14-18(8-13-25(26)43-31(39)20-9-11-22(12-10-20)37(40)41)17-34-36-30(38)29-27(19-6-4-3-5-7-19)23-15-21(32)16-24(33)28(23)35-29/h3-17,35H,2H2,1H3,(H,36,38). The van der Waals surface area contributed by atoms with Crippen LogP contribution < -0.4 is 14.9 Å². The third-order valence-electron chi connectivity index (χ3n) is 6.28. The number of nitro groups is 1. The lowest BCUT2D eigenvalue weighted by atomic mass is 10.0. The minimum absolute atomic E-state index is 0.139. The molecule has 1 aromatic heterocycles. The van der Waals surface area contributed by atoms with E-state index in [4.69, 9.17) is 21.1 Å². The zero-order valence-corrected chi connectivity index (χ0v) is 24.8. The van der Waals surface area contributed by atoms with E-state index in [9.17, 15) is 19.7 Å². The molecule has 0 unspecified atom stereocenters. The van der Waals surface area contributed by atoms with Crippen molar-refractivity contribution in [1.82, 2.24) is 10.4 Å². The molecule has 0 saturated heterocycles. The second kappa shape index (κ2) is 12.9. The Bertz CT molecular complexity index is 1870. The zero-order chi connectivity index (χ0) is 30.5. The van der Waals surface area contributed by atoms with Gasteiger partial charge in [0.1, 0.15) is 5.69 Å². The number of hydrazone groups is 1. The van der Waals surface area contributed by atoms with Crippen LogP contribution in [0.1, 0.15) is 33.3 Å². The summed E-state index contributed by atoms with van der Waals surface area (Å²) in [5.41, 5.74) is 5.55. The Hall–Kier alpha value is -5.00. The molecule has 1 heterocycles. The summed E-state index contributed by atoms with van der Waals surface area (Å²) in [4.78, 5) is 39.4. The van der Waals surface area contributed by atoms with Crippen LogP contribution in [0.3, 0.4) is 0 Å². The Labute approximate surface area is 258 Å². The molecule has 0 spiro atoms. The average Bonchev–Trinajstić information content (AvgIpc) is 3.39. The second-order valence-corrected chi connectivity index (χ2v) is 10.4. The molecule has 0 aliphatic heterocycles. The van der Waals surface area contributed by atoms with E-state index >= 15 is 0 Å². The number of carbonyl (C=O) groups is 2. The number of non-ortho nitro benzene ring substituents is 1. The van der Waals surface area contributed by atoms with Gasteiger partial charge in [-0.3, -0.25) is 14.9 Å². The number of rotatable bonds is 9. The molecule has 10 nitrogen and oxygen atoms in total. The van der Waals surface area contributed by atoms with E-state index in [0.29, 0.717) is 34.0 Å². The van der Waals surface area contributed by atoms with Crippen LogP contribution in [-0.2, 0) is 0 Å². The molecule has 216 valence electrons. The quantitative estimate of drug-likeness (QED) is 0.0551. The van der Waals surface area contributed by atoms with Crippen molar-refractivity contribution >= 4 is 62.2 Å². The smallest absolute Gasteiger partial charge is 0.343 e. The number of benzene rings is 4. The molecule has 5 aromatic rings. The Kier molecular flexibility index (Phi) is 8.84. The summed E-state index contributed by atoms with van der Waals surface area (Å²) in [5, 5.41) is 16.2. The fourth-order valence-electron chi connectivity index (χ4n) is 4.35. The lowest BCUT2D eigenvalue weighted by Crippen LogP contribution is -2.18. The van der Waals surface area contributed by atoms with E-state index in [1.807, 2.05) is 36.4 Å². The van der Waals surface area contributed by atoms with Gasteiger partial charge in [0.15, 0.2) is 11.5 Å². The Morgan fingerprint density at radius 3 is 2.49 bits per heavy atom. The first-order valence-corrected chi connectivity index (χ1v) is 14.0. The van der Waals surface area contributed by atoms with Crippen LogP contribution in [0, 0.1) is 10.1 Å². The molecule has 5 rings (SSSR count). The summed E-state index contributed by atoms with van der Waals surface area (Å²) in [6, 6.07) is 23.0. The van der Waals surface area contributed by atoms with E-state index in [0.717, 1.165) is 15.4 Å². The van der Waals surface area contributed by atoms with Gasteiger partial charge < -0.3 is 14.5 Å². The molecule has 0 atom stereocenters. The lowest BCUT2D eigenvalue weighted by molar-refractivity contribution is -0.384. The van der Waals surface area contributed by atoms with E-state index in [1.54, 1.807) is 25.1 Å². The molecule has 0 fully saturated rings. The van der Waals surface area contributed by atoms with Crippen LogP contribution in [0.25, 0.3) is 22.0 Å². The van der Waals surface area contributed by atoms with Crippen LogP contribution >= 0.6 is 27.5 Å². The van der Waals surface area contributed by atoms with Crippen molar-refractivity contribution < 1.29 is 24.0 Å². The van der Waals surface area contributed by atoms with Gasteiger partial charge in [-0.15, -0.1) is 0 Å². The molecule has 43 heavy (non-hydrogen) atoms. The number of nitrogens with zero attached hydrogens (tertiary/aromatic N) is 2. The van der Waals surface area contributed by atoms with Gasteiger partial charge in [0.25, 0.3) is 11.6 Å². The van der Waals surface area contributed by atoms with Crippen molar-refractivity contribution in [3.63, 3.8) is 0 Å².